The van der Waals surface area contributed by atoms with Crippen LogP contribution in [0.4, 0.5) is 8.78 Å². The van der Waals surface area contributed by atoms with E-state index in [1.807, 2.05) is 38.3 Å². The van der Waals surface area contributed by atoms with Gasteiger partial charge in [0, 0.05) is 54.5 Å². The van der Waals surface area contributed by atoms with Crippen LogP contribution in [0.3, 0.4) is 0 Å². The number of aryl methyl sites for hydroxylation is 2. The van der Waals surface area contributed by atoms with E-state index >= 15 is 0 Å². The maximum atomic E-state index is 13.0. The molecule has 2 heterocycles. The van der Waals surface area contributed by atoms with Gasteiger partial charge in [-0.3, -0.25) is 4.99 Å². The lowest BCUT2D eigenvalue weighted by Gasteiger charge is -2.37. The largest absolute Gasteiger partial charge is 0.404 e. The van der Waals surface area contributed by atoms with Gasteiger partial charge in [0.25, 0.3) is 0 Å². The molecule has 0 aliphatic carbocycles. The Balaban J connectivity index is 2.28. The lowest BCUT2D eigenvalue weighted by Crippen LogP contribution is -2.39. The minimum Gasteiger partial charge on any atom is -0.404 e. The predicted molar refractivity (Wildman–Crippen MR) is 130 cm³/mol. The molecule has 1 aliphatic heterocycles. The minimum absolute atomic E-state index is 0.418. The van der Waals surface area contributed by atoms with Crippen molar-refractivity contribution in [2.75, 3.05) is 20.3 Å². The van der Waals surface area contributed by atoms with E-state index in [0.717, 1.165) is 45.0 Å². The number of thiazole rings is 1. The second-order valence-electron chi connectivity index (χ2n) is 7.59. The molecule has 0 bridgehead atoms. The summed E-state index contributed by atoms with van der Waals surface area (Å²) in [6, 6.07) is 5.71. The molecule has 2 aromatic rings. The fraction of sp³-hybridized carbons (Fsp3) is 0.375. The van der Waals surface area contributed by atoms with Crippen molar-refractivity contribution < 1.29 is 13.5 Å². The molecule has 6 nitrogen and oxygen atoms in total. The second-order valence-corrected chi connectivity index (χ2v) is 8.48. The van der Waals surface area contributed by atoms with Crippen LogP contribution in [-0.2, 0) is 4.74 Å². The Morgan fingerprint density at radius 2 is 2.15 bits per heavy atom. The molecule has 2 N–H and O–H groups in total. The first-order chi connectivity index (χ1) is 15.9. The van der Waals surface area contributed by atoms with Crippen LogP contribution in [0.2, 0.25) is 0 Å². The van der Waals surface area contributed by atoms with Gasteiger partial charge in [-0.25, -0.2) is 9.98 Å². The molecule has 0 amide bonds. The van der Waals surface area contributed by atoms with E-state index < -0.39 is 12.6 Å². The molecule has 1 aromatic heterocycles. The average molecular weight is 474 g/mol. The van der Waals surface area contributed by atoms with Gasteiger partial charge in [-0.15, -0.1) is 11.3 Å². The topological polar surface area (TPSA) is 76.1 Å². The molecule has 0 unspecified atom stereocenters. The molecule has 3 rings (SSSR count). The van der Waals surface area contributed by atoms with E-state index in [9.17, 15) is 8.78 Å². The summed E-state index contributed by atoms with van der Waals surface area (Å²) in [6.07, 6.45) is 4.84. The number of nitrogens with zero attached hydrogens (tertiary/aromatic N) is 4. The molecule has 0 saturated carbocycles. The highest BCUT2D eigenvalue weighted by molar-refractivity contribution is 7.11. The van der Waals surface area contributed by atoms with Crippen LogP contribution >= 0.6 is 11.3 Å². The van der Waals surface area contributed by atoms with Crippen molar-refractivity contribution in [2.45, 2.75) is 39.8 Å². The zero-order valence-corrected chi connectivity index (χ0v) is 20.1. The van der Waals surface area contributed by atoms with Crippen molar-refractivity contribution in [2.24, 2.45) is 15.7 Å². The number of halogens is 2. The second kappa shape index (κ2) is 11.3. The normalized spacial score (nSPS) is 17.4. The monoisotopic (exact) mass is 473 g/mol. The summed E-state index contributed by atoms with van der Waals surface area (Å²) < 4.78 is 31.3. The highest BCUT2D eigenvalue weighted by Crippen LogP contribution is 2.41. The van der Waals surface area contributed by atoms with Crippen molar-refractivity contribution in [3.05, 3.63) is 74.5 Å². The number of rotatable bonds is 9. The fourth-order valence-corrected chi connectivity index (χ4v) is 4.66. The van der Waals surface area contributed by atoms with Crippen LogP contribution in [-0.4, -0.2) is 48.7 Å². The first-order valence-corrected chi connectivity index (χ1v) is 11.6. The first-order valence-electron chi connectivity index (χ1n) is 10.7. The SMILES string of the molecule is CCC1=C(C(C=NC(F)F)=CN)[C@H](c2ccc(C)cc2C)N=C(c2nccs2)N1CCOC. The zero-order chi connectivity index (χ0) is 24.0. The maximum Gasteiger partial charge on any atom is 0.331 e. The summed E-state index contributed by atoms with van der Waals surface area (Å²) in [5.74, 6) is 0.731. The molecule has 33 heavy (non-hydrogen) atoms. The number of aromatic nitrogens is 1. The van der Waals surface area contributed by atoms with Gasteiger partial charge in [0.05, 0.1) is 6.61 Å². The lowest BCUT2D eigenvalue weighted by atomic mass is 9.87. The number of benzene rings is 1. The predicted octanol–water partition coefficient (Wildman–Crippen LogP) is 5.01. The summed E-state index contributed by atoms with van der Waals surface area (Å²) in [5.41, 5.74) is 11.2. The van der Waals surface area contributed by atoms with Crippen LogP contribution in [0.1, 0.15) is 41.1 Å². The maximum absolute atomic E-state index is 13.0. The summed E-state index contributed by atoms with van der Waals surface area (Å²) in [6.45, 7) is 4.25. The molecule has 1 atom stereocenters. The highest BCUT2D eigenvalue weighted by atomic mass is 32.1. The molecule has 1 aliphatic rings. The quantitative estimate of drug-likeness (QED) is 0.410. The van der Waals surface area contributed by atoms with Crippen molar-refractivity contribution in [1.82, 2.24) is 9.88 Å². The standard InChI is InChI=1S/C24H29F2N5OS/c1-5-19-20(17(13-27)14-29-24(25)26)21(18-7-6-15(2)12-16(18)3)30-22(23-28-8-11-33-23)31(19)9-10-32-4/h6-8,11-14,21,24H,5,9-10,27H2,1-4H3/t21-/m0/s1. The number of amidine groups is 1. The summed E-state index contributed by atoms with van der Waals surface area (Å²) in [4.78, 5) is 15.0. The van der Waals surface area contributed by atoms with Crippen LogP contribution in [0.5, 0.6) is 0 Å². The Kier molecular flexibility index (Phi) is 8.46. The number of hydrogen-bond donors (Lipinski definition) is 1. The highest BCUT2D eigenvalue weighted by Gasteiger charge is 2.34. The van der Waals surface area contributed by atoms with E-state index in [0.29, 0.717) is 25.1 Å². The van der Waals surface area contributed by atoms with E-state index in [4.69, 9.17) is 15.5 Å². The Bertz CT molecular complexity index is 1080. The third-order valence-corrected chi connectivity index (χ3v) is 6.20. The number of ether oxygens (including phenoxy) is 1. The van der Waals surface area contributed by atoms with Crippen molar-refractivity contribution in [3.63, 3.8) is 0 Å². The summed E-state index contributed by atoms with van der Waals surface area (Å²) in [5, 5.41) is 2.69. The van der Waals surface area contributed by atoms with Crippen LogP contribution in [0.25, 0.3) is 0 Å². The lowest BCUT2D eigenvalue weighted by molar-refractivity contribution is 0.160. The molecule has 0 spiro atoms. The molecule has 176 valence electrons. The van der Waals surface area contributed by atoms with Gasteiger partial charge < -0.3 is 15.4 Å². The molecule has 1 aromatic carbocycles. The number of alkyl halides is 2. The molecule has 0 fully saturated rings. The van der Waals surface area contributed by atoms with Crippen LogP contribution in [0, 0.1) is 13.8 Å². The van der Waals surface area contributed by atoms with E-state index in [1.165, 1.54) is 17.5 Å². The molecule has 0 radical (unpaired) electrons. The number of hydrogen-bond acceptors (Lipinski definition) is 7. The molecular weight excluding hydrogens is 444 g/mol. The van der Waals surface area contributed by atoms with Gasteiger partial charge in [0.2, 0.25) is 0 Å². The molecular formula is C24H29F2N5OS. The van der Waals surface area contributed by atoms with Gasteiger partial charge >= 0.3 is 6.55 Å². The Hall–Kier alpha value is -2.91. The first kappa shape index (κ1) is 24.7. The van der Waals surface area contributed by atoms with Gasteiger partial charge in [-0.1, -0.05) is 30.7 Å². The number of methoxy groups -OCH3 is 1. The van der Waals surface area contributed by atoms with Crippen LogP contribution < -0.4 is 5.73 Å². The average Bonchev–Trinajstić information content (AvgIpc) is 3.32. The Morgan fingerprint density at radius 3 is 2.73 bits per heavy atom. The third-order valence-electron chi connectivity index (χ3n) is 5.43. The zero-order valence-electron chi connectivity index (χ0n) is 19.3. The number of aliphatic imine (C=N–C) groups is 2. The van der Waals surface area contributed by atoms with Crippen LogP contribution in [0.15, 0.2) is 62.8 Å². The van der Waals surface area contributed by atoms with Gasteiger partial charge in [-0.2, -0.15) is 8.78 Å². The Morgan fingerprint density at radius 1 is 1.36 bits per heavy atom. The van der Waals surface area contributed by atoms with Crippen molar-refractivity contribution >= 4 is 23.4 Å². The number of allylic oxidation sites excluding steroid dienone is 1. The number of nitrogens with two attached hydrogens (primary N) is 1. The smallest absolute Gasteiger partial charge is 0.331 e. The third kappa shape index (κ3) is 5.54. The minimum atomic E-state index is -2.83. The summed E-state index contributed by atoms with van der Waals surface area (Å²) >= 11 is 1.50. The molecule has 0 saturated heterocycles. The summed E-state index contributed by atoms with van der Waals surface area (Å²) in [7, 11) is 1.64. The van der Waals surface area contributed by atoms with Gasteiger partial charge in [0.1, 0.15) is 6.04 Å². The van der Waals surface area contributed by atoms with E-state index in [-0.39, 0.29) is 0 Å². The van der Waals surface area contributed by atoms with Crippen molar-refractivity contribution in [1.29, 1.82) is 0 Å². The van der Waals surface area contributed by atoms with Gasteiger partial charge in [-0.05, 0) is 31.4 Å². The van der Waals surface area contributed by atoms with E-state index in [1.54, 1.807) is 13.3 Å². The molecule has 9 heteroatoms. The van der Waals surface area contributed by atoms with E-state index in [2.05, 4.69) is 20.9 Å². The Labute approximate surface area is 197 Å². The van der Waals surface area contributed by atoms with Gasteiger partial charge in [0.15, 0.2) is 10.8 Å². The fourth-order valence-electron chi connectivity index (χ4n) is 4.02. The van der Waals surface area contributed by atoms with Crippen molar-refractivity contribution in [3.8, 4) is 0 Å².